The maximum Gasteiger partial charge on any atom is 0.325 e. The molecule has 0 saturated carbocycles. The van der Waals surface area contributed by atoms with Crippen molar-refractivity contribution in [3.8, 4) is 11.5 Å². The highest BCUT2D eigenvalue weighted by molar-refractivity contribution is 9.10. The number of hydrogen-bond donors (Lipinski definition) is 0. The summed E-state index contributed by atoms with van der Waals surface area (Å²) in [4.78, 5) is 37.1. The molecule has 0 N–H and O–H groups in total. The number of esters is 1. The Morgan fingerprint density at radius 1 is 1.13 bits per heavy atom. The fourth-order valence-corrected chi connectivity index (χ4v) is 3.91. The van der Waals surface area contributed by atoms with Gasteiger partial charge in [0, 0.05) is 4.47 Å². The molecule has 0 aromatic heterocycles. The van der Waals surface area contributed by atoms with Gasteiger partial charge in [0.15, 0.2) is 11.5 Å². The van der Waals surface area contributed by atoms with Gasteiger partial charge in [0.1, 0.15) is 13.2 Å². The predicted octanol–water partition coefficient (Wildman–Crippen LogP) is 4.25. The topological polar surface area (TPSA) is 82.1 Å². The highest BCUT2D eigenvalue weighted by atomic mass is 79.9. The van der Waals surface area contributed by atoms with Gasteiger partial charge in [-0.05, 0) is 41.1 Å². The van der Waals surface area contributed by atoms with Crippen molar-refractivity contribution in [1.29, 1.82) is 0 Å². The largest absolute Gasteiger partial charge is 0.493 e. The average molecular weight is 492 g/mol. The van der Waals surface area contributed by atoms with E-state index in [1.807, 2.05) is 30.3 Å². The molecule has 2 aromatic rings. The minimum atomic E-state index is -0.665. The number of nitrogens with zero attached hydrogens (tertiary/aromatic N) is 1. The van der Waals surface area contributed by atoms with Gasteiger partial charge in [-0.3, -0.25) is 19.3 Å². The molecule has 7 nitrogen and oxygen atoms in total. The van der Waals surface area contributed by atoms with Crippen molar-refractivity contribution in [1.82, 2.24) is 4.90 Å². The molecule has 0 unspecified atom stereocenters. The molecule has 156 valence electrons. The van der Waals surface area contributed by atoms with Crippen molar-refractivity contribution in [3.63, 3.8) is 0 Å². The predicted molar refractivity (Wildman–Crippen MR) is 116 cm³/mol. The summed E-state index contributed by atoms with van der Waals surface area (Å²) in [7, 11) is 2.72. The van der Waals surface area contributed by atoms with Crippen LogP contribution >= 0.6 is 27.7 Å². The van der Waals surface area contributed by atoms with E-state index in [-0.39, 0.29) is 4.91 Å². The zero-order valence-corrected chi connectivity index (χ0v) is 18.6. The normalized spacial score (nSPS) is 14.9. The summed E-state index contributed by atoms with van der Waals surface area (Å²) >= 11 is 4.23. The number of benzene rings is 2. The van der Waals surface area contributed by atoms with Crippen molar-refractivity contribution in [2.75, 3.05) is 20.8 Å². The van der Waals surface area contributed by atoms with E-state index in [1.54, 1.807) is 18.2 Å². The standard InChI is InChI=1S/C21H18BrNO6S/c1-27-16-8-14(9-18-20(25)23(21(26)30-18)11-19(24)28-2)15(22)10-17(16)29-12-13-6-4-3-5-7-13/h3-10H,11-12H2,1-2H3/b18-9+. The second kappa shape index (κ2) is 9.82. The Balaban J connectivity index is 1.82. The third-order valence-electron chi connectivity index (χ3n) is 4.20. The number of ether oxygens (including phenoxy) is 3. The summed E-state index contributed by atoms with van der Waals surface area (Å²) in [5, 5.41) is -0.525. The van der Waals surface area contributed by atoms with Crippen LogP contribution in [0.15, 0.2) is 51.8 Å². The number of hydrogen-bond acceptors (Lipinski definition) is 7. The molecule has 0 aliphatic carbocycles. The van der Waals surface area contributed by atoms with Crippen molar-refractivity contribution in [2.45, 2.75) is 6.61 Å². The van der Waals surface area contributed by atoms with Gasteiger partial charge in [0.25, 0.3) is 11.1 Å². The Kier molecular flexibility index (Phi) is 7.17. The van der Waals surface area contributed by atoms with Crippen molar-refractivity contribution < 1.29 is 28.6 Å². The van der Waals surface area contributed by atoms with E-state index in [9.17, 15) is 14.4 Å². The Hall–Kier alpha value is -2.78. The van der Waals surface area contributed by atoms with E-state index in [0.717, 1.165) is 22.2 Å². The molecule has 0 atom stereocenters. The molecule has 1 fully saturated rings. The molecule has 0 radical (unpaired) electrons. The lowest BCUT2D eigenvalue weighted by Crippen LogP contribution is -2.34. The van der Waals surface area contributed by atoms with Gasteiger partial charge >= 0.3 is 5.97 Å². The molecule has 9 heteroatoms. The highest BCUT2D eigenvalue weighted by Crippen LogP contribution is 2.38. The fraction of sp³-hybridized carbons (Fsp3) is 0.190. The van der Waals surface area contributed by atoms with Crippen molar-refractivity contribution in [3.05, 3.63) is 63.0 Å². The Morgan fingerprint density at radius 3 is 2.53 bits per heavy atom. The van der Waals surface area contributed by atoms with Crippen LogP contribution in [0.3, 0.4) is 0 Å². The second-order valence-electron chi connectivity index (χ2n) is 6.14. The maximum absolute atomic E-state index is 12.5. The van der Waals surface area contributed by atoms with Crippen LogP contribution in [-0.4, -0.2) is 42.8 Å². The third-order valence-corrected chi connectivity index (χ3v) is 5.79. The highest BCUT2D eigenvalue weighted by Gasteiger charge is 2.36. The average Bonchev–Trinajstić information content (AvgIpc) is 3.01. The molecular weight excluding hydrogens is 474 g/mol. The molecule has 30 heavy (non-hydrogen) atoms. The third kappa shape index (κ3) is 5.03. The molecule has 1 heterocycles. The summed E-state index contributed by atoms with van der Waals surface area (Å²) in [5.74, 6) is -0.203. The van der Waals surface area contributed by atoms with Gasteiger partial charge in [0.2, 0.25) is 0 Å². The maximum atomic E-state index is 12.5. The number of rotatable bonds is 7. The van der Waals surface area contributed by atoms with Crippen LogP contribution in [0.5, 0.6) is 11.5 Å². The number of halogens is 1. The smallest absolute Gasteiger partial charge is 0.325 e. The Labute approximate surface area is 186 Å². The SMILES string of the molecule is COC(=O)CN1C(=O)S/C(=C/c2cc(OC)c(OCc3ccccc3)cc2Br)C1=O. The van der Waals surface area contributed by atoms with Crippen LogP contribution in [0.25, 0.3) is 6.08 Å². The molecule has 0 spiro atoms. The van der Waals surface area contributed by atoms with Crippen LogP contribution in [0, 0.1) is 0 Å². The van der Waals surface area contributed by atoms with Crippen LogP contribution in [-0.2, 0) is 20.9 Å². The number of imide groups is 1. The van der Waals surface area contributed by atoms with E-state index in [4.69, 9.17) is 9.47 Å². The van der Waals surface area contributed by atoms with E-state index < -0.39 is 23.7 Å². The summed E-state index contributed by atoms with van der Waals surface area (Å²) in [5.41, 5.74) is 1.64. The zero-order chi connectivity index (χ0) is 21.7. The minimum Gasteiger partial charge on any atom is -0.493 e. The van der Waals surface area contributed by atoms with Crippen LogP contribution in [0.1, 0.15) is 11.1 Å². The van der Waals surface area contributed by atoms with E-state index in [1.165, 1.54) is 14.2 Å². The first-order valence-corrected chi connectivity index (χ1v) is 10.4. The summed E-state index contributed by atoms with van der Waals surface area (Å²) in [6.45, 7) is -0.0509. The first-order chi connectivity index (χ1) is 14.4. The van der Waals surface area contributed by atoms with Gasteiger partial charge in [-0.25, -0.2) is 0 Å². The van der Waals surface area contributed by atoms with Gasteiger partial charge in [0.05, 0.1) is 19.1 Å². The first kappa shape index (κ1) is 21.9. The zero-order valence-electron chi connectivity index (χ0n) is 16.2. The van der Waals surface area contributed by atoms with Gasteiger partial charge < -0.3 is 14.2 Å². The van der Waals surface area contributed by atoms with Crippen LogP contribution in [0.4, 0.5) is 4.79 Å². The quantitative estimate of drug-likeness (QED) is 0.422. The molecule has 1 saturated heterocycles. The van der Waals surface area contributed by atoms with Crippen molar-refractivity contribution in [2.24, 2.45) is 0 Å². The molecule has 1 aliphatic heterocycles. The number of methoxy groups -OCH3 is 2. The first-order valence-electron chi connectivity index (χ1n) is 8.79. The second-order valence-corrected chi connectivity index (χ2v) is 7.99. The lowest BCUT2D eigenvalue weighted by atomic mass is 10.1. The van der Waals surface area contributed by atoms with Crippen molar-refractivity contribution >= 4 is 50.9 Å². The van der Waals surface area contributed by atoms with Gasteiger partial charge in [-0.1, -0.05) is 46.3 Å². The van der Waals surface area contributed by atoms with E-state index in [0.29, 0.717) is 28.1 Å². The van der Waals surface area contributed by atoms with E-state index >= 15 is 0 Å². The summed E-state index contributed by atoms with van der Waals surface area (Å²) in [6.07, 6.45) is 1.57. The minimum absolute atomic E-state index is 0.199. The number of amides is 2. The van der Waals surface area contributed by atoms with Gasteiger partial charge in [-0.2, -0.15) is 0 Å². The molecule has 2 amide bonds. The number of carbonyl (C=O) groups excluding carboxylic acids is 3. The van der Waals surface area contributed by atoms with Crippen LogP contribution in [0.2, 0.25) is 0 Å². The number of carbonyl (C=O) groups is 3. The molecule has 3 rings (SSSR count). The lowest BCUT2D eigenvalue weighted by molar-refractivity contribution is -0.143. The molecule has 0 bridgehead atoms. The Morgan fingerprint density at radius 2 is 1.87 bits per heavy atom. The van der Waals surface area contributed by atoms with Gasteiger partial charge in [-0.15, -0.1) is 0 Å². The monoisotopic (exact) mass is 491 g/mol. The summed E-state index contributed by atoms with van der Waals surface area (Å²) < 4.78 is 16.5. The Bertz CT molecular complexity index is 1010. The molecule has 2 aromatic carbocycles. The molecule has 1 aliphatic rings. The lowest BCUT2D eigenvalue weighted by Gasteiger charge is -2.13. The summed E-state index contributed by atoms with van der Waals surface area (Å²) in [6, 6.07) is 13.2. The van der Waals surface area contributed by atoms with Crippen LogP contribution < -0.4 is 9.47 Å². The fourth-order valence-electron chi connectivity index (χ4n) is 2.64. The number of thioether (sulfide) groups is 1. The molecular formula is C21H18BrNO6S. The van der Waals surface area contributed by atoms with E-state index in [2.05, 4.69) is 20.7 Å².